The fourth-order valence-electron chi connectivity index (χ4n) is 4.34. The summed E-state index contributed by atoms with van der Waals surface area (Å²) in [7, 11) is 4.08. The van der Waals surface area contributed by atoms with Crippen molar-refractivity contribution in [1.82, 2.24) is 19.8 Å². The van der Waals surface area contributed by atoms with Gasteiger partial charge in [0, 0.05) is 63.3 Å². The maximum atomic E-state index is 13.1. The van der Waals surface area contributed by atoms with Crippen LogP contribution in [0, 0.1) is 0 Å². The number of amides is 2. The van der Waals surface area contributed by atoms with Crippen molar-refractivity contribution in [1.29, 1.82) is 0 Å². The normalized spacial score (nSPS) is 14.4. The van der Waals surface area contributed by atoms with Crippen LogP contribution in [0.4, 0.5) is 0 Å². The van der Waals surface area contributed by atoms with Crippen LogP contribution in [0.3, 0.4) is 0 Å². The number of para-hydroxylation sites is 1. The van der Waals surface area contributed by atoms with Gasteiger partial charge in [-0.2, -0.15) is 0 Å². The summed E-state index contributed by atoms with van der Waals surface area (Å²) in [5.74, 6) is -0.707. The van der Waals surface area contributed by atoms with Gasteiger partial charge in [0.05, 0.1) is 11.1 Å². The average Bonchev–Trinajstić information content (AvgIpc) is 3.44. The molecule has 0 spiro atoms. The molecule has 1 aliphatic rings. The van der Waals surface area contributed by atoms with E-state index in [0.29, 0.717) is 11.1 Å². The summed E-state index contributed by atoms with van der Waals surface area (Å²) < 4.78 is 2.17. The van der Waals surface area contributed by atoms with Gasteiger partial charge in [-0.3, -0.25) is 14.9 Å². The number of H-pyrrole nitrogens is 1. The van der Waals surface area contributed by atoms with Gasteiger partial charge in [-0.1, -0.05) is 18.2 Å². The highest BCUT2D eigenvalue weighted by Crippen LogP contribution is 2.39. The molecular weight excluding hydrogens is 420 g/mol. The van der Waals surface area contributed by atoms with Gasteiger partial charge in [-0.05, 0) is 44.6 Å². The van der Waals surface area contributed by atoms with Crippen LogP contribution in [0.1, 0.15) is 11.1 Å². The van der Waals surface area contributed by atoms with Gasteiger partial charge in [0.1, 0.15) is 0 Å². The van der Waals surface area contributed by atoms with Gasteiger partial charge in [0.25, 0.3) is 11.8 Å². The third kappa shape index (κ3) is 3.34. The maximum Gasteiger partial charge on any atom is 0.259 e. The molecule has 0 bridgehead atoms. The summed E-state index contributed by atoms with van der Waals surface area (Å²) in [5, 5.41) is 4.43. The second-order valence-electron chi connectivity index (χ2n) is 8.20. The van der Waals surface area contributed by atoms with Crippen molar-refractivity contribution in [2.24, 2.45) is 0 Å². The predicted molar refractivity (Wildman–Crippen MR) is 131 cm³/mol. The lowest BCUT2D eigenvalue weighted by Crippen LogP contribution is -2.22. The number of nitrogens with one attached hydrogen (secondary N) is 2. The van der Waals surface area contributed by atoms with E-state index in [1.54, 1.807) is 11.8 Å². The Balaban J connectivity index is 1.78. The summed E-state index contributed by atoms with van der Waals surface area (Å²) >= 11 is 1.66. The lowest BCUT2D eigenvalue weighted by Gasteiger charge is -2.11. The summed E-state index contributed by atoms with van der Waals surface area (Å²) in [6.07, 6.45) is 5.86. The van der Waals surface area contributed by atoms with E-state index >= 15 is 0 Å². The Morgan fingerprint density at radius 2 is 1.72 bits per heavy atom. The van der Waals surface area contributed by atoms with E-state index in [1.807, 2.05) is 57.0 Å². The molecule has 0 saturated heterocycles. The molecule has 0 atom stereocenters. The first kappa shape index (κ1) is 20.6. The zero-order chi connectivity index (χ0) is 22.4. The smallest absolute Gasteiger partial charge is 0.259 e. The molecule has 0 saturated carbocycles. The fraction of sp³-hybridized carbons (Fsp3) is 0.200. The number of likely N-dealkylation sites (N-methyl/N-ethyl adjacent to an activating group) is 1. The summed E-state index contributed by atoms with van der Waals surface area (Å²) in [6.45, 7) is 1.65. The molecular formula is C25H24N4O2S. The van der Waals surface area contributed by atoms with Gasteiger partial charge in [0.15, 0.2) is 0 Å². The molecule has 0 unspecified atom stereocenters. The van der Waals surface area contributed by atoms with Crippen LogP contribution in [0.15, 0.2) is 59.8 Å². The van der Waals surface area contributed by atoms with E-state index in [2.05, 4.69) is 38.0 Å². The highest BCUT2D eigenvalue weighted by molar-refractivity contribution is 7.98. The van der Waals surface area contributed by atoms with Crippen molar-refractivity contribution in [2.45, 2.75) is 11.4 Å². The second-order valence-corrected chi connectivity index (χ2v) is 9.08. The molecule has 0 fully saturated rings. The number of aromatic nitrogens is 2. The number of carbonyl (C=O) groups is 2. The van der Waals surface area contributed by atoms with E-state index in [9.17, 15) is 9.59 Å². The minimum Gasteiger partial charge on any atom is -0.361 e. The van der Waals surface area contributed by atoms with Gasteiger partial charge < -0.3 is 14.5 Å². The lowest BCUT2D eigenvalue weighted by molar-refractivity contribution is -0.122. The number of aromatic amines is 1. The molecule has 32 heavy (non-hydrogen) atoms. The standard InChI is InChI=1S/C25H24N4O2S/c1-28(2)10-11-29-14-19(17-12-15(32-3)8-9-21(17)29)23-22(24(30)27-25(23)31)18-13-26-20-7-5-4-6-16(18)20/h4-9,12-14,26H,10-11H2,1-3H3,(H,27,30,31). The molecule has 2 amide bonds. The number of hydrogen-bond donors (Lipinski definition) is 2. The number of nitrogens with zero attached hydrogens (tertiary/aromatic N) is 2. The second kappa shape index (κ2) is 8.00. The number of fused-ring (bicyclic) bond motifs is 2. The average molecular weight is 445 g/mol. The Morgan fingerprint density at radius 1 is 0.969 bits per heavy atom. The number of hydrogen-bond acceptors (Lipinski definition) is 4. The van der Waals surface area contributed by atoms with Gasteiger partial charge >= 0.3 is 0 Å². The van der Waals surface area contributed by atoms with Crippen molar-refractivity contribution in [3.63, 3.8) is 0 Å². The van der Waals surface area contributed by atoms with Crippen molar-refractivity contribution < 1.29 is 9.59 Å². The fourth-order valence-corrected chi connectivity index (χ4v) is 4.78. The highest BCUT2D eigenvalue weighted by Gasteiger charge is 2.35. The number of benzene rings is 2. The topological polar surface area (TPSA) is 70.1 Å². The van der Waals surface area contributed by atoms with Crippen molar-refractivity contribution in [3.05, 3.63) is 66.0 Å². The number of thioether (sulfide) groups is 1. The van der Waals surface area contributed by atoms with Gasteiger partial charge in [-0.25, -0.2) is 0 Å². The van der Waals surface area contributed by atoms with Crippen LogP contribution in [0.2, 0.25) is 0 Å². The van der Waals surface area contributed by atoms with E-state index in [-0.39, 0.29) is 11.8 Å². The first-order valence-electron chi connectivity index (χ1n) is 10.5. The van der Waals surface area contributed by atoms with Crippen LogP contribution in [0.25, 0.3) is 33.0 Å². The van der Waals surface area contributed by atoms with Crippen LogP contribution >= 0.6 is 11.8 Å². The Hall–Kier alpha value is -3.29. The number of carbonyl (C=O) groups excluding carboxylic acids is 2. The quantitative estimate of drug-likeness (QED) is 0.349. The summed E-state index contributed by atoms with van der Waals surface area (Å²) in [5.41, 5.74) is 4.38. The van der Waals surface area contributed by atoms with Crippen LogP contribution in [-0.2, 0) is 16.1 Å². The molecule has 6 nitrogen and oxygen atoms in total. The minimum absolute atomic E-state index is 0.350. The van der Waals surface area contributed by atoms with Gasteiger partial charge in [0.2, 0.25) is 0 Å². The first-order valence-corrected chi connectivity index (χ1v) is 11.7. The molecule has 4 aromatic rings. The van der Waals surface area contributed by atoms with Crippen LogP contribution in [0.5, 0.6) is 0 Å². The summed E-state index contributed by atoms with van der Waals surface area (Å²) in [6, 6.07) is 14.1. The highest BCUT2D eigenvalue weighted by atomic mass is 32.2. The SMILES string of the molecule is CSc1ccc2c(c1)c(C1=C(c3c[nH]c4ccccc34)C(=O)NC1=O)cn2CCN(C)C. The molecule has 162 valence electrons. The van der Waals surface area contributed by atoms with E-state index in [0.717, 1.165) is 50.9 Å². The monoisotopic (exact) mass is 444 g/mol. The molecule has 7 heteroatoms. The minimum atomic E-state index is -0.357. The number of imide groups is 1. The molecule has 5 rings (SSSR count). The van der Waals surface area contributed by atoms with Crippen molar-refractivity contribution in [2.75, 3.05) is 26.9 Å². The van der Waals surface area contributed by atoms with E-state index in [1.165, 1.54) is 0 Å². The van der Waals surface area contributed by atoms with Crippen LogP contribution < -0.4 is 5.32 Å². The largest absolute Gasteiger partial charge is 0.361 e. The third-order valence-electron chi connectivity index (χ3n) is 5.94. The Labute approximate surface area is 190 Å². The molecule has 2 aromatic carbocycles. The van der Waals surface area contributed by atoms with Crippen molar-refractivity contribution >= 4 is 56.5 Å². The Morgan fingerprint density at radius 3 is 2.47 bits per heavy atom. The first-order chi connectivity index (χ1) is 15.5. The molecule has 2 aromatic heterocycles. The lowest BCUT2D eigenvalue weighted by atomic mass is 9.95. The molecule has 1 aliphatic heterocycles. The van der Waals surface area contributed by atoms with Crippen molar-refractivity contribution in [3.8, 4) is 0 Å². The van der Waals surface area contributed by atoms with E-state index < -0.39 is 0 Å². The third-order valence-corrected chi connectivity index (χ3v) is 6.66. The zero-order valence-electron chi connectivity index (χ0n) is 18.2. The predicted octanol–water partition coefficient (Wildman–Crippen LogP) is 3.97. The molecule has 3 heterocycles. The Kier molecular flexibility index (Phi) is 5.15. The molecule has 2 N–H and O–H groups in total. The molecule has 0 radical (unpaired) electrons. The summed E-state index contributed by atoms with van der Waals surface area (Å²) in [4.78, 5) is 32.5. The molecule has 0 aliphatic carbocycles. The van der Waals surface area contributed by atoms with Crippen LogP contribution in [-0.4, -0.2) is 53.2 Å². The number of rotatable bonds is 6. The Bertz CT molecular complexity index is 1410. The zero-order valence-corrected chi connectivity index (χ0v) is 19.0. The van der Waals surface area contributed by atoms with Gasteiger partial charge in [-0.15, -0.1) is 11.8 Å². The maximum absolute atomic E-state index is 13.1. The van der Waals surface area contributed by atoms with E-state index in [4.69, 9.17) is 0 Å².